The van der Waals surface area contributed by atoms with Crippen molar-refractivity contribution in [3.63, 3.8) is 0 Å². The molecule has 7 nitrogen and oxygen atoms in total. The van der Waals surface area contributed by atoms with Crippen molar-refractivity contribution >= 4 is 17.5 Å². The van der Waals surface area contributed by atoms with Gasteiger partial charge in [-0.2, -0.15) is 10.2 Å². The number of halogens is 1. The smallest absolute Gasteiger partial charge is 0.224 e. The van der Waals surface area contributed by atoms with Crippen LogP contribution in [0.5, 0.6) is 0 Å². The van der Waals surface area contributed by atoms with Crippen molar-refractivity contribution in [1.82, 2.24) is 29.4 Å². The van der Waals surface area contributed by atoms with Gasteiger partial charge in [0.25, 0.3) is 0 Å². The molecule has 0 saturated heterocycles. The van der Waals surface area contributed by atoms with Gasteiger partial charge < -0.3 is 4.90 Å². The van der Waals surface area contributed by atoms with Crippen molar-refractivity contribution in [3.8, 4) is 11.3 Å². The summed E-state index contributed by atoms with van der Waals surface area (Å²) in [7, 11) is 1.81. The first kappa shape index (κ1) is 20.8. The highest BCUT2D eigenvalue weighted by atomic mass is 35.5. The molecule has 0 fully saturated rings. The zero-order valence-electron chi connectivity index (χ0n) is 17.2. The van der Waals surface area contributed by atoms with Gasteiger partial charge in [-0.15, -0.1) is 0 Å². The van der Waals surface area contributed by atoms with Crippen LogP contribution in [0, 0.1) is 0 Å². The molecule has 0 radical (unpaired) electrons. The number of aromatic nitrogens is 5. The Bertz CT molecular complexity index is 1140. The Labute approximate surface area is 185 Å². The van der Waals surface area contributed by atoms with E-state index in [2.05, 4.69) is 10.1 Å². The van der Waals surface area contributed by atoms with Crippen molar-refractivity contribution in [2.24, 2.45) is 0 Å². The standard InChI is InChI=1S/C23H23ClN6O/c1-28(22(31)11-12-29-17-25-16-26-29)13-20-15-30(14-19-9-5-6-10-21(19)24)27-23(20)18-7-3-2-4-8-18/h2-10,15-17H,11-14H2,1H3. The van der Waals surface area contributed by atoms with Gasteiger partial charge >= 0.3 is 0 Å². The number of amides is 1. The summed E-state index contributed by atoms with van der Waals surface area (Å²) in [5, 5.41) is 9.57. The summed E-state index contributed by atoms with van der Waals surface area (Å²) >= 11 is 6.34. The van der Waals surface area contributed by atoms with Gasteiger partial charge in [0.05, 0.1) is 18.8 Å². The van der Waals surface area contributed by atoms with Crippen LogP contribution in [-0.2, 0) is 24.4 Å². The first-order chi connectivity index (χ1) is 15.1. The van der Waals surface area contributed by atoms with Gasteiger partial charge in [0, 0.05) is 42.4 Å². The molecule has 0 aliphatic heterocycles. The maximum Gasteiger partial charge on any atom is 0.224 e. The maximum atomic E-state index is 12.7. The lowest BCUT2D eigenvalue weighted by molar-refractivity contribution is -0.130. The van der Waals surface area contributed by atoms with E-state index in [0.717, 1.165) is 22.4 Å². The lowest BCUT2D eigenvalue weighted by Gasteiger charge is -2.17. The molecule has 8 heteroatoms. The highest BCUT2D eigenvalue weighted by Gasteiger charge is 2.17. The van der Waals surface area contributed by atoms with Crippen LogP contribution in [0.4, 0.5) is 0 Å². The summed E-state index contributed by atoms with van der Waals surface area (Å²) in [6.45, 7) is 1.52. The molecule has 31 heavy (non-hydrogen) atoms. The van der Waals surface area contributed by atoms with E-state index in [4.69, 9.17) is 16.7 Å². The van der Waals surface area contributed by atoms with E-state index in [1.54, 1.807) is 15.9 Å². The number of nitrogens with zero attached hydrogens (tertiary/aromatic N) is 6. The van der Waals surface area contributed by atoms with Gasteiger partial charge in [0.1, 0.15) is 12.7 Å². The minimum atomic E-state index is 0.0355. The number of aryl methyl sites for hydroxylation is 1. The second kappa shape index (κ2) is 9.57. The molecule has 2 aromatic heterocycles. The van der Waals surface area contributed by atoms with Crippen molar-refractivity contribution in [2.45, 2.75) is 26.1 Å². The van der Waals surface area contributed by atoms with Crippen molar-refractivity contribution in [3.05, 3.63) is 89.6 Å². The Morgan fingerprint density at radius 1 is 1.03 bits per heavy atom. The minimum Gasteiger partial charge on any atom is -0.341 e. The Morgan fingerprint density at radius 3 is 2.55 bits per heavy atom. The van der Waals surface area contributed by atoms with Crippen LogP contribution in [0.2, 0.25) is 5.02 Å². The lowest BCUT2D eigenvalue weighted by atomic mass is 10.1. The average Bonchev–Trinajstić information content (AvgIpc) is 3.44. The van der Waals surface area contributed by atoms with E-state index in [1.165, 1.54) is 6.33 Å². The first-order valence-electron chi connectivity index (χ1n) is 10.0. The van der Waals surface area contributed by atoms with Gasteiger partial charge in [0.2, 0.25) is 5.91 Å². The van der Waals surface area contributed by atoms with Gasteiger partial charge in [-0.1, -0.05) is 60.1 Å². The third-order valence-corrected chi connectivity index (χ3v) is 5.40. The molecule has 0 atom stereocenters. The quantitative estimate of drug-likeness (QED) is 0.422. The molecule has 1 amide bonds. The molecule has 0 bridgehead atoms. The molecule has 0 spiro atoms. The van der Waals surface area contributed by atoms with Crippen molar-refractivity contribution < 1.29 is 4.79 Å². The highest BCUT2D eigenvalue weighted by Crippen LogP contribution is 2.24. The van der Waals surface area contributed by atoms with Crippen molar-refractivity contribution in [1.29, 1.82) is 0 Å². The molecule has 2 heterocycles. The fourth-order valence-electron chi connectivity index (χ4n) is 3.39. The van der Waals surface area contributed by atoms with E-state index >= 15 is 0 Å². The summed E-state index contributed by atoms with van der Waals surface area (Å²) < 4.78 is 3.54. The fraction of sp³-hybridized carbons (Fsp3) is 0.217. The lowest BCUT2D eigenvalue weighted by Crippen LogP contribution is -2.27. The molecule has 0 aliphatic rings. The van der Waals surface area contributed by atoms with Gasteiger partial charge in [-0.05, 0) is 11.6 Å². The van der Waals surface area contributed by atoms with Crippen LogP contribution in [0.1, 0.15) is 17.5 Å². The summed E-state index contributed by atoms with van der Waals surface area (Å²) in [5.41, 5.74) is 3.85. The predicted octanol–water partition coefficient (Wildman–Crippen LogP) is 3.89. The van der Waals surface area contributed by atoms with Gasteiger partial charge in [-0.25, -0.2) is 4.98 Å². The minimum absolute atomic E-state index is 0.0355. The zero-order chi connectivity index (χ0) is 21.6. The number of carbonyl (C=O) groups is 1. The van der Waals surface area contributed by atoms with Crippen LogP contribution in [-0.4, -0.2) is 42.4 Å². The highest BCUT2D eigenvalue weighted by molar-refractivity contribution is 6.31. The number of benzene rings is 2. The molecule has 0 unspecified atom stereocenters. The van der Waals surface area contributed by atoms with Crippen LogP contribution in [0.3, 0.4) is 0 Å². The Morgan fingerprint density at radius 2 is 1.81 bits per heavy atom. The monoisotopic (exact) mass is 434 g/mol. The van der Waals surface area contributed by atoms with Crippen LogP contribution < -0.4 is 0 Å². The second-order valence-electron chi connectivity index (χ2n) is 7.32. The Balaban J connectivity index is 1.54. The third kappa shape index (κ3) is 5.19. The topological polar surface area (TPSA) is 68.8 Å². The first-order valence-corrected chi connectivity index (χ1v) is 10.4. The SMILES string of the molecule is CN(Cc1cn(Cc2ccccc2Cl)nc1-c1ccccc1)C(=O)CCn1cncn1. The summed E-state index contributed by atoms with van der Waals surface area (Å²) in [5.74, 6) is 0.0355. The molecule has 0 N–H and O–H groups in total. The maximum absolute atomic E-state index is 12.7. The van der Waals surface area contributed by atoms with Crippen LogP contribution in [0.25, 0.3) is 11.3 Å². The Kier molecular flexibility index (Phi) is 6.43. The van der Waals surface area contributed by atoms with E-state index in [9.17, 15) is 4.79 Å². The molecule has 0 aliphatic carbocycles. The predicted molar refractivity (Wildman–Crippen MR) is 119 cm³/mol. The largest absolute Gasteiger partial charge is 0.341 e. The normalized spacial score (nSPS) is 10.9. The van der Waals surface area contributed by atoms with Crippen LogP contribution >= 0.6 is 11.6 Å². The van der Waals surface area contributed by atoms with Gasteiger partial charge in [0.15, 0.2) is 0 Å². The second-order valence-corrected chi connectivity index (χ2v) is 7.72. The summed E-state index contributed by atoms with van der Waals surface area (Å²) in [6.07, 6.45) is 5.42. The Hall–Kier alpha value is -3.45. The molecule has 0 saturated carbocycles. The van der Waals surface area contributed by atoms with E-state index < -0.39 is 0 Å². The molecule has 4 aromatic rings. The fourth-order valence-corrected chi connectivity index (χ4v) is 3.59. The molecule has 2 aromatic carbocycles. The van der Waals surface area contributed by atoms with E-state index in [1.807, 2.05) is 72.5 Å². The number of hydrogen-bond donors (Lipinski definition) is 0. The average molecular weight is 435 g/mol. The van der Waals surface area contributed by atoms with Gasteiger partial charge in [-0.3, -0.25) is 14.2 Å². The molecular formula is C23H23ClN6O. The number of hydrogen-bond acceptors (Lipinski definition) is 4. The molecule has 4 rings (SSSR count). The van der Waals surface area contributed by atoms with E-state index in [-0.39, 0.29) is 5.91 Å². The zero-order valence-corrected chi connectivity index (χ0v) is 18.0. The van der Waals surface area contributed by atoms with Crippen molar-refractivity contribution in [2.75, 3.05) is 7.05 Å². The molecule has 158 valence electrons. The van der Waals surface area contributed by atoms with Crippen LogP contribution in [0.15, 0.2) is 73.4 Å². The third-order valence-electron chi connectivity index (χ3n) is 5.03. The number of carbonyl (C=O) groups excluding carboxylic acids is 1. The summed E-state index contributed by atoms with van der Waals surface area (Å²) in [6, 6.07) is 17.7. The summed E-state index contributed by atoms with van der Waals surface area (Å²) in [4.78, 5) is 18.3. The van der Waals surface area contributed by atoms with E-state index in [0.29, 0.717) is 31.1 Å². The molecular weight excluding hydrogens is 412 g/mol. The number of rotatable bonds is 8.